The van der Waals surface area contributed by atoms with Crippen molar-refractivity contribution in [3.8, 4) is 11.5 Å². The van der Waals surface area contributed by atoms with E-state index < -0.39 is 0 Å². The molecule has 0 saturated heterocycles. The Morgan fingerprint density at radius 2 is 1.59 bits per heavy atom. The normalized spacial score (nSPS) is 11.3. The van der Waals surface area contributed by atoms with Crippen LogP contribution in [0.5, 0.6) is 0 Å². The molecule has 0 atom stereocenters. The molecule has 32 heavy (non-hydrogen) atoms. The molecule has 1 aromatic heterocycles. The van der Waals surface area contributed by atoms with Crippen molar-refractivity contribution < 1.29 is 9.21 Å². The van der Waals surface area contributed by atoms with E-state index in [-0.39, 0.29) is 11.3 Å². The SMILES string of the molecule is CC(C)(C)c1ccc(C(=O)Nc2ccc(SCc3nnc(-c4ccccc4)o3)cc2)cc1. The van der Waals surface area contributed by atoms with E-state index in [0.717, 1.165) is 16.1 Å². The maximum Gasteiger partial charge on any atom is 0.255 e. The molecule has 0 bridgehead atoms. The van der Waals surface area contributed by atoms with Gasteiger partial charge in [-0.15, -0.1) is 22.0 Å². The number of anilines is 1. The summed E-state index contributed by atoms with van der Waals surface area (Å²) in [4.78, 5) is 13.6. The van der Waals surface area contributed by atoms with E-state index in [1.165, 1.54) is 5.56 Å². The Bertz CT molecular complexity index is 1180. The number of thioether (sulfide) groups is 1. The number of aromatic nitrogens is 2. The van der Waals surface area contributed by atoms with Crippen LogP contribution in [-0.2, 0) is 11.2 Å². The highest BCUT2D eigenvalue weighted by molar-refractivity contribution is 7.98. The zero-order chi connectivity index (χ0) is 22.6. The number of nitrogens with one attached hydrogen (secondary N) is 1. The first kappa shape index (κ1) is 21.8. The van der Waals surface area contributed by atoms with Gasteiger partial charge < -0.3 is 9.73 Å². The fourth-order valence-corrected chi connectivity index (χ4v) is 3.85. The van der Waals surface area contributed by atoms with Crippen LogP contribution in [0, 0.1) is 0 Å². The number of carbonyl (C=O) groups is 1. The van der Waals surface area contributed by atoms with Crippen LogP contribution in [0.25, 0.3) is 11.5 Å². The number of amides is 1. The van der Waals surface area contributed by atoms with Crippen LogP contribution in [-0.4, -0.2) is 16.1 Å². The van der Waals surface area contributed by atoms with Gasteiger partial charge in [0.15, 0.2) is 0 Å². The molecule has 0 spiro atoms. The summed E-state index contributed by atoms with van der Waals surface area (Å²) in [5, 5.41) is 11.2. The van der Waals surface area contributed by atoms with Crippen LogP contribution in [0.2, 0.25) is 0 Å². The molecule has 1 N–H and O–H groups in total. The zero-order valence-corrected chi connectivity index (χ0v) is 19.1. The van der Waals surface area contributed by atoms with Crippen LogP contribution < -0.4 is 5.32 Å². The minimum atomic E-state index is -0.120. The maximum atomic E-state index is 12.5. The lowest BCUT2D eigenvalue weighted by atomic mass is 9.87. The smallest absolute Gasteiger partial charge is 0.255 e. The maximum absolute atomic E-state index is 12.5. The van der Waals surface area contributed by atoms with Gasteiger partial charge in [-0.1, -0.05) is 51.1 Å². The number of hydrogen-bond donors (Lipinski definition) is 1. The fourth-order valence-electron chi connectivity index (χ4n) is 3.11. The number of rotatable bonds is 6. The molecule has 6 heteroatoms. The van der Waals surface area contributed by atoms with Gasteiger partial charge in [0, 0.05) is 21.7 Å². The van der Waals surface area contributed by atoms with E-state index in [1.807, 2.05) is 78.9 Å². The highest BCUT2D eigenvalue weighted by atomic mass is 32.2. The third-order valence-corrected chi connectivity index (χ3v) is 5.97. The Labute approximate surface area is 192 Å². The summed E-state index contributed by atoms with van der Waals surface area (Å²) in [6, 6.07) is 25.2. The molecule has 0 unspecified atom stereocenters. The first-order chi connectivity index (χ1) is 15.4. The van der Waals surface area contributed by atoms with Gasteiger partial charge in [0.25, 0.3) is 5.91 Å². The first-order valence-corrected chi connectivity index (χ1v) is 11.4. The Morgan fingerprint density at radius 1 is 0.906 bits per heavy atom. The van der Waals surface area contributed by atoms with Crippen LogP contribution >= 0.6 is 11.8 Å². The van der Waals surface area contributed by atoms with Gasteiger partial charge in [-0.25, -0.2) is 0 Å². The molecule has 162 valence electrons. The molecule has 1 heterocycles. The molecule has 0 aliphatic carbocycles. The van der Waals surface area contributed by atoms with Crippen LogP contribution in [0.4, 0.5) is 5.69 Å². The Hall–Kier alpha value is -3.38. The molecule has 4 aromatic rings. The predicted molar refractivity (Wildman–Crippen MR) is 129 cm³/mol. The average Bonchev–Trinajstić information content (AvgIpc) is 3.28. The van der Waals surface area contributed by atoms with Gasteiger partial charge in [-0.2, -0.15) is 0 Å². The van der Waals surface area contributed by atoms with Gasteiger partial charge in [-0.3, -0.25) is 4.79 Å². The van der Waals surface area contributed by atoms with E-state index >= 15 is 0 Å². The largest absolute Gasteiger partial charge is 0.420 e. The summed E-state index contributed by atoms with van der Waals surface area (Å²) in [6.07, 6.45) is 0. The molecule has 1 amide bonds. The second-order valence-corrected chi connectivity index (χ2v) is 9.51. The Kier molecular flexibility index (Phi) is 6.42. The number of benzene rings is 3. The molecule has 0 radical (unpaired) electrons. The number of hydrogen-bond acceptors (Lipinski definition) is 5. The van der Waals surface area contributed by atoms with E-state index in [4.69, 9.17) is 4.42 Å². The molecule has 0 saturated carbocycles. The van der Waals surface area contributed by atoms with Crippen LogP contribution in [0.3, 0.4) is 0 Å². The van der Waals surface area contributed by atoms with Crippen molar-refractivity contribution in [1.29, 1.82) is 0 Å². The zero-order valence-electron chi connectivity index (χ0n) is 18.3. The van der Waals surface area contributed by atoms with Gasteiger partial charge in [0.1, 0.15) is 0 Å². The highest BCUT2D eigenvalue weighted by Crippen LogP contribution is 2.26. The van der Waals surface area contributed by atoms with E-state index in [9.17, 15) is 4.79 Å². The lowest BCUT2D eigenvalue weighted by Crippen LogP contribution is -2.14. The van der Waals surface area contributed by atoms with Gasteiger partial charge >= 0.3 is 0 Å². The van der Waals surface area contributed by atoms with Crippen molar-refractivity contribution in [3.05, 3.63) is 95.9 Å². The van der Waals surface area contributed by atoms with Crippen LogP contribution in [0.15, 0.2) is 88.2 Å². The highest BCUT2D eigenvalue weighted by Gasteiger charge is 2.14. The molecule has 0 aliphatic rings. The quantitative estimate of drug-likeness (QED) is 0.341. The van der Waals surface area contributed by atoms with Crippen molar-refractivity contribution in [2.45, 2.75) is 36.8 Å². The Balaban J connectivity index is 1.32. The first-order valence-electron chi connectivity index (χ1n) is 10.4. The third-order valence-electron chi connectivity index (χ3n) is 4.98. The standard InChI is InChI=1S/C26H25N3O2S/c1-26(2,3)20-11-9-18(10-12-20)24(30)27-21-13-15-22(16-14-21)32-17-23-28-29-25(31-23)19-7-5-4-6-8-19/h4-16H,17H2,1-3H3,(H,27,30). The van der Waals surface area contributed by atoms with Gasteiger partial charge in [0.05, 0.1) is 5.75 Å². The van der Waals surface area contributed by atoms with Crippen molar-refractivity contribution in [2.75, 3.05) is 5.32 Å². The van der Waals surface area contributed by atoms with Crippen molar-refractivity contribution >= 4 is 23.4 Å². The molecule has 4 rings (SSSR count). The Morgan fingerprint density at radius 3 is 2.25 bits per heavy atom. The molecule has 0 aliphatic heterocycles. The van der Waals surface area contributed by atoms with E-state index in [2.05, 4.69) is 36.3 Å². The van der Waals surface area contributed by atoms with Crippen molar-refractivity contribution in [1.82, 2.24) is 10.2 Å². The second-order valence-electron chi connectivity index (χ2n) is 8.46. The number of carbonyl (C=O) groups excluding carboxylic acids is 1. The molecular formula is C26H25N3O2S. The summed E-state index contributed by atoms with van der Waals surface area (Å²) >= 11 is 1.60. The monoisotopic (exact) mass is 443 g/mol. The predicted octanol–water partition coefficient (Wildman–Crippen LogP) is 6.58. The lowest BCUT2D eigenvalue weighted by Gasteiger charge is -2.19. The summed E-state index contributed by atoms with van der Waals surface area (Å²) in [7, 11) is 0. The van der Waals surface area contributed by atoms with Gasteiger partial charge in [0.2, 0.25) is 11.8 Å². The summed E-state index contributed by atoms with van der Waals surface area (Å²) < 4.78 is 5.75. The fraction of sp³-hybridized carbons (Fsp3) is 0.192. The lowest BCUT2D eigenvalue weighted by molar-refractivity contribution is 0.102. The van der Waals surface area contributed by atoms with E-state index in [1.54, 1.807) is 11.8 Å². The minimum absolute atomic E-state index is 0.0623. The van der Waals surface area contributed by atoms with E-state index in [0.29, 0.717) is 23.1 Å². The number of nitrogens with zero attached hydrogens (tertiary/aromatic N) is 2. The van der Waals surface area contributed by atoms with Crippen LogP contribution in [0.1, 0.15) is 42.6 Å². The summed E-state index contributed by atoms with van der Waals surface area (Å²) in [5.41, 5.74) is 3.56. The topological polar surface area (TPSA) is 68.0 Å². The molecule has 3 aromatic carbocycles. The molecular weight excluding hydrogens is 418 g/mol. The molecule has 5 nitrogen and oxygen atoms in total. The van der Waals surface area contributed by atoms with Crippen molar-refractivity contribution in [2.24, 2.45) is 0 Å². The average molecular weight is 444 g/mol. The van der Waals surface area contributed by atoms with Gasteiger partial charge in [-0.05, 0) is 59.5 Å². The second kappa shape index (κ2) is 9.40. The van der Waals surface area contributed by atoms with Crippen molar-refractivity contribution in [3.63, 3.8) is 0 Å². The third kappa shape index (κ3) is 5.45. The summed E-state index contributed by atoms with van der Waals surface area (Å²) in [5.74, 6) is 1.55. The summed E-state index contributed by atoms with van der Waals surface area (Å²) in [6.45, 7) is 6.47. The minimum Gasteiger partial charge on any atom is -0.420 e. The molecule has 0 fully saturated rings.